The van der Waals surface area contributed by atoms with Gasteiger partial charge in [-0.05, 0) is 11.6 Å². The number of ether oxygens (including phenoxy) is 1. The van der Waals surface area contributed by atoms with E-state index in [0.717, 1.165) is 0 Å². The summed E-state index contributed by atoms with van der Waals surface area (Å²) in [6.45, 7) is 1.48. The topological polar surface area (TPSA) is 105 Å². The highest BCUT2D eigenvalue weighted by Crippen LogP contribution is 2.27. The second kappa shape index (κ2) is 6.20. The maximum absolute atomic E-state index is 11.3. The molecular weight excluding hydrogens is 266 g/mol. The third-order valence-corrected chi connectivity index (χ3v) is 2.97. The van der Waals surface area contributed by atoms with Crippen molar-refractivity contribution in [3.05, 3.63) is 33.9 Å². The molecule has 0 atom stereocenters. The molecule has 0 aliphatic carbocycles. The number of benzene rings is 1. The molecule has 20 heavy (non-hydrogen) atoms. The molecule has 0 bridgehead atoms. The van der Waals surface area contributed by atoms with Crippen molar-refractivity contribution in [3.8, 4) is 5.75 Å². The Hall–Kier alpha value is -2.35. The molecule has 1 heterocycles. The lowest BCUT2D eigenvalue weighted by Crippen LogP contribution is -2.31. The summed E-state index contributed by atoms with van der Waals surface area (Å²) in [5.41, 5.74) is 0.255. The van der Waals surface area contributed by atoms with E-state index >= 15 is 0 Å². The van der Waals surface area contributed by atoms with Crippen LogP contribution >= 0.6 is 0 Å². The highest BCUT2D eigenvalue weighted by molar-refractivity contribution is 5.76. The summed E-state index contributed by atoms with van der Waals surface area (Å²) < 4.78 is 5.36. The van der Waals surface area contributed by atoms with Gasteiger partial charge in [0.2, 0.25) is 0 Å². The van der Waals surface area contributed by atoms with Crippen molar-refractivity contribution < 1.29 is 19.6 Å². The van der Waals surface area contributed by atoms with E-state index in [9.17, 15) is 14.9 Å². The molecule has 8 nitrogen and oxygen atoms in total. The molecule has 0 aromatic heterocycles. The fraction of sp³-hybridized carbons (Fsp3) is 0.417. The van der Waals surface area contributed by atoms with Gasteiger partial charge in [0, 0.05) is 19.2 Å². The van der Waals surface area contributed by atoms with Crippen LogP contribution in [-0.2, 0) is 6.61 Å². The lowest BCUT2D eigenvalue weighted by molar-refractivity contribution is -0.386. The minimum absolute atomic E-state index is 0.131. The van der Waals surface area contributed by atoms with E-state index in [4.69, 9.17) is 9.84 Å². The summed E-state index contributed by atoms with van der Waals surface area (Å²) >= 11 is 0. The summed E-state index contributed by atoms with van der Waals surface area (Å²) in [5.74, 6) is 0.131. The molecule has 1 aliphatic heterocycles. The third-order valence-electron chi connectivity index (χ3n) is 2.97. The monoisotopic (exact) mass is 281 g/mol. The summed E-state index contributed by atoms with van der Waals surface area (Å²) in [7, 11) is 0. The van der Waals surface area contributed by atoms with E-state index in [-0.39, 0.29) is 30.7 Å². The van der Waals surface area contributed by atoms with E-state index in [1.165, 1.54) is 12.1 Å². The van der Waals surface area contributed by atoms with Gasteiger partial charge in [-0.15, -0.1) is 0 Å². The highest BCUT2D eigenvalue weighted by atomic mass is 16.6. The molecule has 1 saturated heterocycles. The van der Waals surface area contributed by atoms with Gasteiger partial charge in [-0.3, -0.25) is 10.1 Å². The average molecular weight is 281 g/mol. The number of rotatable bonds is 6. The van der Waals surface area contributed by atoms with Crippen LogP contribution in [-0.4, -0.2) is 47.2 Å². The third kappa shape index (κ3) is 3.15. The number of urea groups is 1. The number of aliphatic hydroxyl groups is 1. The molecule has 1 aliphatic rings. The van der Waals surface area contributed by atoms with Gasteiger partial charge in [0.15, 0.2) is 5.75 Å². The van der Waals surface area contributed by atoms with Gasteiger partial charge < -0.3 is 20.1 Å². The Kier molecular flexibility index (Phi) is 4.36. The molecule has 1 aromatic carbocycles. The quantitative estimate of drug-likeness (QED) is 0.583. The zero-order valence-corrected chi connectivity index (χ0v) is 10.7. The largest absolute Gasteiger partial charge is 0.485 e. The summed E-state index contributed by atoms with van der Waals surface area (Å²) in [6.07, 6.45) is 0. The van der Waals surface area contributed by atoms with Crippen LogP contribution in [0.1, 0.15) is 5.56 Å². The molecule has 0 unspecified atom stereocenters. The van der Waals surface area contributed by atoms with E-state index in [1.54, 1.807) is 11.0 Å². The van der Waals surface area contributed by atoms with Crippen molar-refractivity contribution in [2.75, 3.05) is 26.2 Å². The molecule has 2 rings (SSSR count). The predicted molar refractivity (Wildman–Crippen MR) is 69.5 cm³/mol. The molecule has 0 spiro atoms. The maximum Gasteiger partial charge on any atom is 0.317 e. The van der Waals surface area contributed by atoms with Crippen molar-refractivity contribution in [2.45, 2.75) is 6.61 Å². The molecule has 108 valence electrons. The first-order valence-electron chi connectivity index (χ1n) is 6.15. The Morgan fingerprint density at radius 3 is 2.90 bits per heavy atom. The first kappa shape index (κ1) is 14.1. The summed E-state index contributed by atoms with van der Waals surface area (Å²) in [5, 5.41) is 22.6. The van der Waals surface area contributed by atoms with Gasteiger partial charge >= 0.3 is 11.7 Å². The number of hydrogen-bond acceptors (Lipinski definition) is 5. The van der Waals surface area contributed by atoms with Crippen LogP contribution in [0.15, 0.2) is 18.2 Å². The number of nitrogens with zero attached hydrogens (tertiary/aromatic N) is 2. The Morgan fingerprint density at radius 1 is 1.50 bits per heavy atom. The number of nitro groups is 1. The van der Waals surface area contributed by atoms with Crippen LogP contribution < -0.4 is 10.1 Å². The molecule has 0 saturated carbocycles. The Labute approximate surface area is 115 Å². The molecule has 1 aromatic rings. The second-order valence-corrected chi connectivity index (χ2v) is 4.28. The zero-order chi connectivity index (χ0) is 14.5. The normalized spacial score (nSPS) is 14.2. The highest BCUT2D eigenvalue weighted by Gasteiger charge is 2.20. The van der Waals surface area contributed by atoms with Gasteiger partial charge in [0.05, 0.1) is 18.1 Å². The molecule has 2 N–H and O–H groups in total. The van der Waals surface area contributed by atoms with Crippen molar-refractivity contribution >= 4 is 11.7 Å². The van der Waals surface area contributed by atoms with Crippen molar-refractivity contribution in [3.63, 3.8) is 0 Å². The van der Waals surface area contributed by atoms with Crippen LogP contribution in [0.4, 0.5) is 10.5 Å². The first-order chi connectivity index (χ1) is 9.61. The number of aliphatic hydroxyl groups excluding tert-OH is 1. The predicted octanol–water partition coefficient (Wildman–Crippen LogP) is 0.491. The molecule has 2 amide bonds. The SMILES string of the molecule is O=C1NCCN1CCOc1ccc(CO)cc1[N+](=O)[O-]. The molecule has 1 fully saturated rings. The van der Waals surface area contributed by atoms with Gasteiger partial charge in [-0.25, -0.2) is 4.79 Å². The fourth-order valence-corrected chi connectivity index (χ4v) is 1.92. The average Bonchev–Trinajstić information content (AvgIpc) is 2.84. The minimum Gasteiger partial charge on any atom is -0.485 e. The van der Waals surface area contributed by atoms with Crippen molar-refractivity contribution in [1.82, 2.24) is 10.2 Å². The fourth-order valence-electron chi connectivity index (χ4n) is 1.92. The number of nitrogens with one attached hydrogen (secondary N) is 1. The van der Waals surface area contributed by atoms with Crippen LogP contribution in [0, 0.1) is 10.1 Å². The summed E-state index contributed by atoms with van der Waals surface area (Å²) in [4.78, 5) is 23.2. The number of hydrogen-bond donors (Lipinski definition) is 2. The second-order valence-electron chi connectivity index (χ2n) is 4.28. The van der Waals surface area contributed by atoms with Gasteiger partial charge in [-0.2, -0.15) is 0 Å². The van der Waals surface area contributed by atoms with Gasteiger partial charge in [0.1, 0.15) is 6.61 Å². The molecule has 0 radical (unpaired) electrons. The van der Waals surface area contributed by atoms with E-state index in [1.807, 2.05) is 0 Å². The van der Waals surface area contributed by atoms with Crippen LogP contribution in [0.25, 0.3) is 0 Å². The van der Waals surface area contributed by atoms with E-state index in [0.29, 0.717) is 25.2 Å². The van der Waals surface area contributed by atoms with E-state index < -0.39 is 4.92 Å². The Balaban J connectivity index is 1.98. The first-order valence-corrected chi connectivity index (χ1v) is 6.15. The minimum atomic E-state index is -0.558. The van der Waals surface area contributed by atoms with Crippen molar-refractivity contribution in [1.29, 1.82) is 0 Å². The maximum atomic E-state index is 11.3. The lowest BCUT2D eigenvalue weighted by Gasteiger charge is -2.14. The van der Waals surface area contributed by atoms with Crippen molar-refractivity contribution in [2.24, 2.45) is 0 Å². The number of nitro benzene ring substituents is 1. The van der Waals surface area contributed by atoms with Crippen LogP contribution in [0.2, 0.25) is 0 Å². The number of amides is 2. The number of carbonyl (C=O) groups excluding carboxylic acids is 1. The zero-order valence-electron chi connectivity index (χ0n) is 10.7. The molecular formula is C12H15N3O5. The number of carbonyl (C=O) groups is 1. The van der Waals surface area contributed by atoms with Crippen LogP contribution in [0.5, 0.6) is 5.75 Å². The summed E-state index contributed by atoms with van der Waals surface area (Å²) in [6, 6.07) is 4.13. The van der Waals surface area contributed by atoms with Crippen LogP contribution in [0.3, 0.4) is 0 Å². The Morgan fingerprint density at radius 2 is 2.30 bits per heavy atom. The lowest BCUT2D eigenvalue weighted by atomic mass is 10.2. The molecule has 8 heteroatoms. The van der Waals surface area contributed by atoms with Gasteiger partial charge in [-0.1, -0.05) is 6.07 Å². The standard InChI is InChI=1S/C12H15N3O5/c16-8-9-1-2-11(10(7-9)15(18)19)20-6-5-14-4-3-13-12(14)17/h1-2,7,16H,3-6,8H2,(H,13,17). The smallest absolute Gasteiger partial charge is 0.317 e. The van der Waals surface area contributed by atoms with Gasteiger partial charge in [0.25, 0.3) is 0 Å². The van der Waals surface area contributed by atoms with E-state index in [2.05, 4.69) is 5.32 Å². The Bertz CT molecular complexity index is 520.